The molecule has 60 valence electrons. The van der Waals surface area contributed by atoms with Gasteiger partial charge < -0.3 is 16.8 Å². The van der Waals surface area contributed by atoms with Gasteiger partial charge in [0.25, 0.3) is 0 Å². The van der Waals surface area contributed by atoms with Crippen LogP contribution in [0.15, 0.2) is 0 Å². The van der Waals surface area contributed by atoms with Crippen molar-refractivity contribution in [3.63, 3.8) is 0 Å². The van der Waals surface area contributed by atoms with Crippen molar-refractivity contribution in [2.24, 2.45) is 11.5 Å². The molecule has 0 unspecified atom stereocenters. The van der Waals surface area contributed by atoms with E-state index in [1.807, 2.05) is 0 Å². The first-order chi connectivity index (χ1) is 4.83. The average molecular weight is 143 g/mol. The topological polar surface area (TPSA) is 64.1 Å². The Labute approximate surface area is 62.2 Å². The molecule has 1 saturated carbocycles. The number of hydrogen-bond acceptors (Lipinski definition) is 3. The maximum Gasteiger partial charge on any atom is 0.00965 e. The van der Waals surface area contributed by atoms with E-state index < -0.39 is 0 Å². The third-order valence-electron chi connectivity index (χ3n) is 1.99. The molecule has 3 nitrogen and oxygen atoms in total. The quantitative estimate of drug-likeness (QED) is 0.461. The molecule has 1 fully saturated rings. The summed E-state index contributed by atoms with van der Waals surface area (Å²) in [6.07, 6.45) is 3.36. The molecule has 0 aromatic carbocycles. The van der Waals surface area contributed by atoms with Gasteiger partial charge in [0.2, 0.25) is 0 Å². The first-order valence-electron chi connectivity index (χ1n) is 4.02. The van der Waals surface area contributed by atoms with Crippen LogP contribution in [-0.4, -0.2) is 25.2 Å². The van der Waals surface area contributed by atoms with E-state index in [0.29, 0.717) is 12.1 Å². The SMILES string of the molecule is NCCCNC1CC(N)C1. The molecule has 0 aromatic rings. The van der Waals surface area contributed by atoms with E-state index >= 15 is 0 Å². The molecule has 0 atom stereocenters. The van der Waals surface area contributed by atoms with Gasteiger partial charge in [-0.1, -0.05) is 0 Å². The smallest absolute Gasteiger partial charge is 0.00965 e. The largest absolute Gasteiger partial charge is 0.330 e. The molecule has 0 aromatic heterocycles. The number of hydrogen-bond donors (Lipinski definition) is 3. The minimum Gasteiger partial charge on any atom is -0.330 e. The van der Waals surface area contributed by atoms with Crippen LogP contribution in [-0.2, 0) is 0 Å². The van der Waals surface area contributed by atoms with Gasteiger partial charge in [0.15, 0.2) is 0 Å². The Morgan fingerprint density at radius 3 is 2.60 bits per heavy atom. The fourth-order valence-electron chi connectivity index (χ4n) is 1.24. The fourth-order valence-corrected chi connectivity index (χ4v) is 1.24. The average Bonchev–Trinajstić information content (AvgIpc) is 1.85. The maximum absolute atomic E-state index is 5.61. The minimum absolute atomic E-state index is 0.454. The molecule has 3 heteroatoms. The van der Waals surface area contributed by atoms with Crippen molar-refractivity contribution >= 4 is 0 Å². The lowest BCUT2D eigenvalue weighted by Gasteiger charge is -2.33. The summed E-state index contributed by atoms with van der Waals surface area (Å²) in [7, 11) is 0. The summed E-state index contributed by atoms with van der Waals surface area (Å²) in [5, 5.41) is 3.39. The number of rotatable bonds is 4. The van der Waals surface area contributed by atoms with Crippen LogP contribution in [0.5, 0.6) is 0 Å². The van der Waals surface area contributed by atoms with Gasteiger partial charge in [0.05, 0.1) is 0 Å². The van der Waals surface area contributed by atoms with Gasteiger partial charge in [0, 0.05) is 12.1 Å². The lowest BCUT2D eigenvalue weighted by atomic mass is 9.88. The summed E-state index contributed by atoms with van der Waals surface area (Å²) >= 11 is 0. The summed E-state index contributed by atoms with van der Waals surface area (Å²) in [4.78, 5) is 0. The molecule has 0 aliphatic heterocycles. The molecular formula is C7H17N3. The Morgan fingerprint density at radius 2 is 2.10 bits per heavy atom. The second-order valence-corrected chi connectivity index (χ2v) is 3.02. The fraction of sp³-hybridized carbons (Fsp3) is 1.00. The van der Waals surface area contributed by atoms with Gasteiger partial charge in [-0.25, -0.2) is 0 Å². The van der Waals surface area contributed by atoms with Gasteiger partial charge in [-0.15, -0.1) is 0 Å². The molecule has 0 spiro atoms. The van der Waals surface area contributed by atoms with Crippen molar-refractivity contribution in [3.8, 4) is 0 Å². The van der Waals surface area contributed by atoms with E-state index in [1.165, 1.54) is 0 Å². The zero-order chi connectivity index (χ0) is 7.40. The monoisotopic (exact) mass is 143 g/mol. The van der Waals surface area contributed by atoms with Crippen LogP contribution in [0.3, 0.4) is 0 Å². The molecule has 1 aliphatic rings. The van der Waals surface area contributed by atoms with Crippen LogP contribution in [0.25, 0.3) is 0 Å². The summed E-state index contributed by atoms with van der Waals surface area (Å²) in [5.74, 6) is 0. The zero-order valence-electron chi connectivity index (χ0n) is 6.34. The van der Waals surface area contributed by atoms with Gasteiger partial charge in [-0.2, -0.15) is 0 Å². The van der Waals surface area contributed by atoms with E-state index in [9.17, 15) is 0 Å². The van der Waals surface area contributed by atoms with Gasteiger partial charge in [0.1, 0.15) is 0 Å². The summed E-state index contributed by atoms with van der Waals surface area (Å²) in [5.41, 5.74) is 10.9. The highest BCUT2D eigenvalue weighted by Gasteiger charge is 2.24. The van der Waals surface area contributed by atoms with Crippen LogP contribution >= 0.6 is 0 Å². The Kier molecular flexibility index (Phi) is 3.12. The van der Waals surface area contributed by atoms with Crippen LogP contribution in [0.2, 0.25) is 0 Å². The third-order valence-corrected chi connectivity index (χ3v) is 1.99. The van der Waals surface area contributed by atoms with Crippen LogP contribution in [0.1, 0.15) is 19.3 Å². The normalized spacial score (nSPS) is 31.8. The molecule has 0 bridgehead atoms. The van der Waals surface area contributed by atoms with E-state index in [4.69, 9.17) is 11.5 Å². The van der Waals surface area contributed by atoms with Crippen LogP contribution < -0.4 is 16.8 Å². The Balaban J connectivity index is 1.86. The van der Waals surface area contributed by atoms with Crippen molar-refractivity contribution in [3.05, 3.63) is 0 Å². The summed E-state index contributed by atoms with van der Waals surface area (Å²) < 4.78 is 0. The Hall–Kier alpha value is -0.120. The highest BCUT2D eigenvalue weighted by molar-refractivity contribution is 4.87. The highest BCUT2D eigenvalue weighted by Crippen LogP contribution is 2.16. The summed E-state index contributed by atoms with van der Waals surface area (Å²) in [6.45, 7) is 1.83. The van der Waals surface area contributed by atoms with Gasteiger partial charge in [-0.05, 0) is 32.4 Å². The van der Waals surface area contributed by atoms with E-state index in [2.05, 4.69) is 5.32 Å². The second kappa shape index (κ2) is 3.91. The minimum atomic E-state index is 0.454. The van der Waals surface area contributed by atoms with Crippen molar-refractivity contribution in [1.82, 2.24) is 5.32 Å². The third kappa shape index (κ3) is 2.25. The van der Waals surface area contributed by atoms with Crippen molar-refractivity contribution in [2.75, 3.05) is 13.1 Å². The van der Waals surface area contributed by atoms with Gasteiger partial charge >= 0.3 is 0 Å². The van der Waals surface area contributed by atoms with Crippen molar-refractivity contribution in [2.45, 2.75) is 31.3 Å². The predicted octanol–water partition coefficient (Wildman–Crippen LogP) is -0.585. The maximum atomic E-state index is 5.61. The zero-order valence-corrected chi connectivity index (χ0v) is 6.34. The molecule has 1 rings (SSSR count). The Bertz CT molecular complexity index is 88.9. The van der Waals surface area contributed by atoms with Crippen molar-refractivity contribution in [1.29, 1.82) is 0 Å². The lowest BCUT2D eigenvalue weighted by molar-refractivity contribution is 0.292. The highest BCUT2D eigenvalue weighted by atomic mass is 14.9. The Morgan fingerprint density at radius 1 is 1.40 bits per heavy atom. The van der Waals surface area contributed by atoms with E-state index in [-0.39, 0.29) is 0 Å². The van der Waals surface area contributed by atoms with Crippen LogP contribution in [0.4, 0.5) is 0 Å². The molecule has 1 aliphatic carbocycles. The van der Waals surface area contributed by atoms with Gasteiger partial charge in [-0.3, -0.25) is 0 Å². The standard InChI is InChI=1S/C7H17N3/c8-2-1-3-10-7-4-6(9)5-7/h6-7,10H,1-5,8-9H2. The van der Waals surface area contributed by atoms with E-state index in [0.717, 1.165) is 32.4 Å². The number of nitrogens with two attached hydrogens (primary N) is 2. The van der Waals surface area contributed by atoms with Crippen molar-refractivity contribution < 1.29 is 0 Å². The first kappa shape index (κ1) is 7.98. The molecule has 0 amide bonds. The molecule has 0 radical (unpaired) electrons. The molecular weight excluding hydrogens is 126 g/mol. The lowest BCUT2D eigenvalue weighted by Crippen LogP contribution is -2.48. The van der Waals surface area contributed by atoms with Crippen LogP contribution in [0, 0.1) is 0 Å². The molecule has 0 saturated heterocycles. The van der Waals surface area contributed by atoms with E-state index in [1.54, 1.807) is 0 Å². The number of nitrogens with one attached hydrogen (secondary N) is 1. The first-order valence-corrected chi connectivity index (χ1v) is 4.02. The molecule has 0 heterocycles. The molecule has 10 heavy (non-hydrogen) atoms. The summed E-state index contributed by atoms with van der Waals surface area (Å²) in [6, 6.07) is 1.14. The predicted molar refractivity (Wildman–Crippen MR) is 42.7 cm³/mol. The second-order valence-electron chi connectivity index (χ2n) is 3.02. The molecule has 5 N–H and O–H groups in total.